The van der Waals surface area contributed by atoms with Gasteiger partial charge in [-0.3, -0.25) is 19.3 Å². The number of nitrogens with zero attached hydrogens (tertiary/aromatic N) is 2. The molecule has 0 spiro atoms. The molecule has 0 saturated heterocycles. The van der Waals surface area contributed by atoms with E-state index in [4.69, 9.17) is 13.9 Å². The second kappa shape index (κ2) is 8.46. The van der Waals surface area contributed by atoms with Crippen molar-refractivity contribution in [3.05, 3.63) is 82.8 Å². The third-order valence-corrected chi connectivity index (χ3v) is 5.79. The lowest BCUT2D eigenvalue weighted by atomic mass is 10.0. The van der Waals surface area contributed by atoms with Crippen molar-refractivity contribution in [2.24, 2.45) is 0 Å². The number of hydrogen-bond acceptors (Lipinski definition) is 6. The van der Waals surface area contributed by atoms with Gasteiger partial charge in [-0.15, -0.1) is 0 Å². The van der Waals surface area contributed by atoms with Crippen molar-refractivity contribution in [2.45, 2.75) is 20.0 Å². The van der Waals surface area contributed by atoms with E-state index in [0.717, 1.165) is 10.5 Å². The van der Waals surface area contributed by atoms with Crippen molar-refractivity contribution in [3.63, 3.8) is 0 Å². The zero-order valence-electron chi connectivity index (χ0n) is 18.1. The highest BCUT2D eigenvalue weighted by molar-refractivity contribution is 6.22. The molecule has 0 unspecified atom stereocenters. The summed E-state index contributed by atoms with van der Waals surface area (Å²) in [6.45, 7) is 3.67. The number of benzene rings is 2. The largest absolute Gasteiger partial charge is 0.486 e. The van der Waals surface area contributed by atoms with Crippen molar-refractivity contribution in [3.8, 4) is 11.5 Å². The summed E-state index contributed by atoms with van der Waals surface area (Å²) in [5.41, 5.74) is 1.70. The van der Waals surface area contributed by atoms with Gasteiger partial charge in [0.05, 0.1) is 23.9 Å². The van der Waals surface area contributed by atoms with Crippen LogP contribution in [0.2, 0.25) is 0 Å². The molecule has 8 heteroatoms. The molecule has 0 saturated carbocycles. The minimum absolute atomic E-state index is 0.0465. The van der Waals surface area contributed by atoms with Crippen LogP contribution in [0.3, 0.4) is 0 Å². The normalized spacial score (nSPS) is 14.4. The Morgan fingerprint density at radius 3 is 2.61 bits per heavy atom. The quantitative estimate of drug-likeness (QED) is 0.539. The number of para-hydroxylation sites is 1. The summed E-state index contributed by atoms with van der Waals surface area (Å²) in [4.78, 5) is 41.7. The van der Waals surface area contributed by atoms with Gasteiger partial charge in [-0.2, -0.15) is 0 Å². The second-order valence-electron chi connectivity index (χ2n) is 7.80. The number of carbonyl (C=O) groups is 3. The third-order valence-electron chi connectivity index (χ3n) is 5.79. The lowest BCUT2D eigenvalue weighted by Gasteiger charge is -2.25. The minimum Gasteiger partial charge on any atom is -0.486 e. The van der Waals surface area contributed by atoms with Gasteiger partial charge in [-0.05, 0) is 43.3 Å². The first-order valence-corrected chi connectivity index (χ1v) is 10.8. The number of hydrogen-bond donors (Lipinski definition) is 0. The first-order valence-electron chi connectivity index (χ1n) is 10.8. The van der Waals surface area contributed by atoms with Crippen LogP contribution in [0.5, 0.6) is 11.5 Å². The topological polar surface area (TPSA) is 89.3 Å². The fourth-order valence-corrected chi connectivity index (χ4v) is 4.10. The van der Waals surface area contributed by atoms with Gasteiger partial charge in [0.15, 0.2) is 11.5 Å². The predicted molar refractivity (Wildman–Crippen MR) is 117 cm³/mol. The van der Waals surface area contributed by atoms with Crippen molar-refractivity contribution >= 4 is 17.7 Å². The van der Waals surface area contributed by atoms with E-state index < -0.39 is 11.8 Å². The summed E-state index contributed by atoms with van der Waals surface area (Å²) in [6.07, 6.45) is 1.49. The molecule has 3 heterocycles. The van der Waals surface area contributed by atoms with Gasteiger partial charge in [0, 0.05) is 24.2 Å². The third kappa shape index (κ3) is 3.73. The van der Waals surface area contributed by atoms with Crippen LogP contribution in [-0.2, 0) is 13.1 Å². The number of ether oxygens (including phenoxy) is 2. The van der Waals surface area contributed by atoms with Crippen molar-refractivity contribution in [1.29, 1.82) is 0 Å². The molecule has 8 nitrogen and oxygen atoms in total. The number of amides is 3. The van der Waals surface area contributed by atoms with Crippen molar-refractivity contribution < 1.29 is 28.3 Å². The maximum absolute atomic E-state index is 13.3. The Balaban J connectivity index is 1.38. The molecule has 168 valence electrons. The minimum atomic E-state index is -0.438. The summed E-state index contributed by atoms with van der Waals surface area (Å²) in [7, 11) is 0. The smallest absolute Gasteiger partial charge is 0.261 e. The van der Waals surface area contributed by atoms with E-state index in [1.54, 1.807) is 29.2 Å². The summed E-state index contributed by atoms with van der Waals surface area (Å²) in [6, 6.07) is 13.6. The molecular weight excluding hydrogens is 424 g/mol. The highest BCUT2D eigenvalue weighted by Crippen LogP contribution is 2.34. The molecule has 0 bridgehead atoms. The van der Waals surface area contributed by atoms with E-state index in [2.05, 4.69) is 0 Å². The van der Waals surface area contributed by atoms with Gasteiger partial charge in [0.25, 0.3) is 17.7 Å². The molecule has 5 rings (SSSR count). The standard InChI is InChI=1S/C25H22N2O6/c1-2-26(14-17-5-3-7-21-22(17)33-12-11-32-21)23(28)16-8-9-19-20(13-16)25(30)27(24(19)29)15-18-6-4-10-31-18/h3-10,13H,2,11-12,14-15H2,1H3. The Hall–Kier alpha value is -4.07. The monoisotopic (exact) mass is 446 g/mol. The average molecular weight is 446 g/mol. The lowest BCUT2D eigenvalue weighted by Crippen LogP contribution is -2.31. The van der Waals surface area contributed by atoms with E-state index >= 15 is 0 Å². The molecule has 0 radical (unpaired) electrons. The maximum Gasteiger partial charge on any atom is 0.261 e. The molecule has 0 aliphatic carbocycles. The molecule has 3 amide bonds. The maximum atomic E-state index is 13.3. The van der Waals surface area contributed by atoms with Crippen molar-refractivity contribution in [2.75, 3.05) is 19.8 Å². The van der Waals surface area contributed by atoms with Crippen molar-refractivity contribution in [1.82, 2.24) is 9.80 Å². The van der Waals surface area contributed by atoms with Gasteiger partial charge >= 0.3 is 0 Å². The number of rotatable bonds is 6. The molecule has 3 aromatic rings. The average Bonchev–Trinajstić information content (AvgIpc) is 3.45. The molecule has 0 N–H and O–H groups in total. The van der Waals surface area contributed by atoms with Gasteiger partial charge in [0.1, 0.15) is 19.0 Å². The van der Waals surface area contributed by atoms with Crippen LogP contribution in [0.25, 0.3) is 0 Å². The number of imide groups is 1. The van der Waals surface area contributed by atoms with E-state index in [-0.39, 0.29) is 23.6 Å². The van der Waals surface area contributed by atoms with Gasteiger partial charge < -0.3 is 18.8 Å². The number of fused-ring (bicyclic) bond motifs is 2. The van der Waals surface area contributed by atoms with Gasteiger partial charge in [-0.1, -0.05) is 12.1 Å². The molecule has 0 atom stereocenters. The van der Waals surface area contributed by atoms with Crippen LogP contribution in [0.4, 0.5) is 0 Å². The van der Waals surface area contributed by atoms with Gasteiger partial charge in [0.2, 0.25) is 0 Å². The molecule has 2 aromatic carbocycles. The molecule has 0 fully saturated rings. The predicted octanol–water partition coefficient (Wildman–Crippen LogP) is 3.51. The Morgan fingerprint density at radius 2 is 1.82 bits per heavy atom. The summed E-state index contributed by atoms with van der Waals surface area (Å²) >= 11 is 0. The van der Waals surface area contributed by atoms with Crippen LogP contribution in [0.15, 0.2) is 59.2 Å². The molecule has 2 aliphatic rings. The Kier molecular flexibility index (Phi) is 5.34. The van der Waals surface area contributed by atoms with Crippen LogP contribution in [0, 0.1) is 0 Å². The highest BCUT2D eigenvalue weighted by atomic mass is 16.6. The molecule has 33 heavy (non-hydrogen) atoms. The molecule has 1 aromatic heterocycles. The summed E-state index contributed by atoms with van der Waals surface area (Å²) in [5.74, 6) is 0.756. The van der Waals surface area contributed by atoms with Crippen LogP contribution >= 0.6 is 0 Å². The van der Waals surface area contributed by atoms with Crippen LogP contribution in [-0.4, -0.2) is 47.3 Å². The summed E-state index contributed by atoms with van der Waals surface area (Å²) in [5, 5.41) is 0. The van der Waals surface area contributed by atoms with Crippen LogP contribution in [0.1, 0.15) is 49.3 Å². The zero-order chi connectivity index (χ0) is 22.9. The number of furan rings is 1. The van der Waals surface area contributed by atoms with Crippen LogP contribution < -0.4 is 9.47 Å². The fraction of sp³-hybridized carbons (Fsp3) is 0.240. The van der Waals surface area contributed by atoms with E-state index in [9.17, 15) is 14.4 Å². The zero-order valence-corrected chi connectivity index (χ0v) is 18.1. The first-order chi connectivity index (χ1) is 16.1. The Morgan fingerprint density at radius 1 is 1.00 bits per heavy atom. The van der Waals surface area contributed by atoms with E-state index in [1.165, 1.54) is 12.3 Å². The van der Waals surface area contributed by atoms with E-state index in [0.29, 0.717) is 49.1 Å². The lowest BCUT2D eigenvalue weighted by molar-refractivity contribution is 0.0631. The highest BCUT2D eigenvalue weighted by Gasteiger charge is 2.36. The molecular formula is C25H22N2O6. The summed E-state index contributed by atoms with van der Waals surface area (Å²) < 4.78 is 16.7. The van der Waals surface area contributed by atoms with Gasteiger partial charge in [-0.25, -0.2) is 0 Å². The Labute approximate surface area is 190 Å². The first kappa shape index (κ1) is 20.8. The van der Waals surface area contributed by atoms with E-state index in [1.807, 2.05) is 25.1 Å². The fourth-order valence-electron chi connectivity index (χ4n) is 4.10. The SMILES string of the molecule is CCN(Cc1cccc2c1OCCO2)C(=O)c1ccc2c(c1)C(=O)N(Cc1ccco1)C2=O. The Bertz CT molecular complexity index is 1230. The molecule has 2 aliphatic heterocycles. The number of carbonyl (C=O) groups excluding carboxylic acids is 3. The second-order valence-corrected chi connectivity index (χ2v) is 7.80.